The zero-order chi connectivity index (χ0) is 17.0. The molecular formula is C24H24. The minimum Gasteiger partial charge on any atom is -0.0801 e. The third-order valence-electron chi connectivity index (χ3n) is 6.07. The molecule has 120 valence electrons. The van der Waals surface area contributed by atoms with Crippen LogP contribution < -0.4 is 0 Å². The van der Waals surface area contributed by atoms with Crippen LogP contribution in [0.15, 0.2) is 59.7 Å². The second kappa shape index (κ2) is 5.34. The molecular weight excluding hydrogens is 288 g/mol. The highest BCUT2D eigenvalue weighted by Crippen LogP contribution is 2.53. The van der Waals surface area contributed by atoms with E-state index in [0.29, 0.717) is 5.92 Å². The van der Waals surface area contributed by atoms with Gasteiger partial charge in [0.05, 0.1) is 0 Å². The molecule has 24 heavy (non-hydrogen) atoms. The lowest BCUT2D eigenvalue weighted by Crippen LogP contribution is -2.06. The Morgan fingerprint density at radius 2 is 1.58 bits per heavy atom. The van der Waals surface area contributed by atoms with E-state index in [1.807, 2.05) is 0 Å². The van der Waals surface area contributed by atoms with E-state index < -0.39 is 0 Å². The van der Waals surface area contributed by atoms with Crippen LogP contribution in [0.4, 0.5) is 0 Å². The Bertz CT molecular complexity index is 948. The number of rotatable bonds is 1. The molecule has 0 spiro atoms. The fraction of sp³-hybridized carbons (Fsp3) is 0.250. The fourth-order valence-electron chi connectivity index (χ4n) is 4.48. The van der Waals surface area contributed by atoms with Gasteiger partial charge in [-0.05, 0) is 90.3 Å². The average molecular weight is 312 g/mol. The molecule has 2 aliphatic rings. The first-order valence-electron chi connectivity index (χ1n) is 8.80. The highest BCUT2D eigenvalue weighted by Gasteiger charge is 2.35. The summed E-state index contributed by atoms with van der Waals surface area (Å²) in [5, 5.41) is 0. The summed E-state index contributed by atoms with van der Waals surface area (Å²) in [7, 11) is 0. The molecule has 0 amide bonds. The first-order chi connectivity index (χ1) is 11.6. The Balaban J connectivity index is 2.09. The van der Waals surface area contributed by atoms with Crippen molar-refractivity contribution in [1.82, 2.24) is 0 Å². The van der Waals surface area contributed by atoms with E-state index in [9.17, 15) is 0 Å². The standard InChI is InChI=1S/C24H24/c1-6-18-10-9-13-19(18)24-21-12-8-7-11-20(21)22-16(4)14(2)15(3)17(5)23(22)24/h6-13,24H,1-5H3. The van der Waals surface area contributed by atoms with Gasteiger partial charge in [-0.3, -0.25) is 0 Å². The molecule has 0 aromatic heterocycles. The molecule has 0 saturated heterocycles. The number of fused-ring (bicyclic) bond motifs is 3. The average Bonchev–Trinajstić information content (AvgIpc) is 3.19. The molecule has 0 N–H and O–H groups in total. The van der Waals surface area contributed by atoms with Crippen LogP contribution in [-0.2, 0) is 0 Å². The third-order valence-corrected chi connectivity index (χ3v) is 6.07. The molecule has 0 aliphatic heterocycles. The lowest BCUT2D eigenvalue weighted by Gasteiger charge is -2.22. The van der Waals surface area contributed by atoms with E-state index in [-0.39, 0.29) is 0 Å². The van der Waals surface area contributed by atoms with Crippen molar-refractivity contribution < 1.29 is 0 Å². The highest BCUT2D eigenvalue weighted by atomic mass is 14.4. The Morgan fingerprint density at radius 1 is 0.875 bits per heavy atom. The van der Waals surface area contributed by atoms with Crippen LogP contribution in [0.3, 0.4) is 0 Å². The Morgan fingerprint density at radius 3 is 2.33 bits per heavy atom. The highest BCUT2D eigenvalue weighted by molar-refractivity contribution is 5.86. The van der Waals surface area contributed by atoms with Crippen LogP contribution in [0.2, 0.25) is 0 Å². The maximum Gasteiger partial charge on any atom is 0.0360 e. The van der Waals surface area contributed by atoms with Crippen molar-refractivity contribution in [2.75, 3.05) is 0 Å². The van der Waals surface area contributed by atoms with Crippen LogP contribution >= 0.6 is 0 Å². The van der Waals surface area contributed by atoms with Gasteiger partial charge in [0, 0.05) is 5.92 Å². The van der Waals surface area contributed by atoms with Gasteiger partial charge >= 0.3 is 0 Å². The van der Waals surface area contributed by atoms with Crippen LogP contribution in [0, 0.1) is 27.7 Å². The quantitative estimate of drug-likeness (QED) is 0.565. The monoisotopic (exact) mass is 312 g/mol. The van der Waals surface area contributed by atoms with Gasteiger partial charge in [0.15, 0.2) is 0 Å². The normalized spacial score (nSPS) is 19.6. The first-order valence-corrected chi connectivity index (χ1v) is 8.80. The van der Waals surface area contributed by atoms with Crippen molar-refractivity contribution >= 4 is 0 Å². The van der Waals surface area contributed by atoms with Gasteiger partial charge in [0.1, 0.15) is 0 Å². The number of benzene rings is 2. The molecule has 2 aromatic rings. The van der Waals surface area contributed by atoms with Gasteiger partial charge in [0.2, 0.25) is 0 Å². The SMILES string of the molecule is CC=C1C=CC=C1C1c2ccccc2-c2c(C)c(C)c(C)c(C)c21. The maximum absolute atomic E-state index is 2.32. The Kier molecular flexibility index (Phi) is 3.38. The summed E-state index contributed by atoms with van der Waals surface area (Å²) in [4.78, 5) is 0. The van der Waals surface area contributed by atoms with Gasteiger partial charge in [-0.15, -0.1) is 0 Å². The lowest BCUT2D eigenvalue weighted by atomic mass is 9.81. The number of hydrogen-bond donors (Lipinski definition) is 0. The maximum atomic E-state index is 2.32. The van der Waals surface area contributed by atoms with Crippen molar-refractivity contribution in [3.8, 4) is 11.1 Å². The molecule has 1 atom stereocenters. The van der Waals surface area contributed by atoms with Crippen LogP contribution in [0.5, 0.6) is 0 Å². The summed E-state index contributed by atoms with van der Waals surface area (Å²) < 4.78 is 0. The molecule has 0 fully saturated rings. The van der Waals surface area contributed by atoms with Crippen molar-refractivity contribution in [3.05, 3.63) is 93.1 Å². The van der Waals surface area contributed by atoms with E-state index in [2.05, 4.69) is 83.2 Å². The summed E-state index contributed by atoms with van der Waals surface area (Å²) in [5.74, 6) is 0.357. The first kappa shape index (κ1) is 15.2. The second-order valence-corrected chi connectivity index (χ2v) is 7.03. The van der Waals surface area contributed by atoms with E-state index in [1.165, 1.54) is 55.7 Å². The molecule has 0 bridgehead atoms. The largest absolute Gasteiger partial charge is 0.0801 e. The van der Waals surface area contributed by atoms with Crippen molar-refractivity contribution in [1.29, 1.82) is 0 Å². The molecule has 4 rings (SSSR count). The minimum atomic E-state index is 0.357. The molecule has 0 heteroatoms. The second-order valence-electron chi connectivity index (χ2n) is 7.03. The van der Waals surface area contributed by atoms with E-state index in [1.54, 1.807) is 0 Å². The molecule has 0 nitrogen and oxygen atoms in total. The van der Waals surface area contributed by atoms with Crippen molar-refractivity contribution in [3.63, 3.8) is 0 Å². The fourth-order valence-corrected chi connectivity index (χ4v) is 4.48. The van der Waals surface area contributed by atoms with Gasteiger partial charge < -0.3 is 0 Å². The van der Waals surface area contributed by atoms with E-state index in [0.717, 1.165) is 0 Å². The van der Waals surface area contributed by atoms with Crippen molar-refractivity contribution in [2.45, 2.75) is 40.5 Å². The summed E-state index contributed by atoms with van der Waals surface area (Å²) in [5.41, 5.74) is 14.4. The third kappa shape index (κ3) is 1.86. The zero-order valence-electron chi connectivity index (χ0n) is 15.2. The summed E-state index contributed by atoms with van der Waals surface area (Å²) in [6.07, 6.45) is 8.96. The molecule has 0 saturated carbocycles. The number of hydrogen-bond acceptors (Lipinski definition) is 0. The predicted molar refractivity (Wildman–Crippen MR) is 104 cm³/mol. The van der Waals surface area contributed by atoms with Gasteiger partial charge in [0.25, 0.3) is 0 Å². The topological polar surface area (TPSA) is 0 Å². The van der Waals surface area contributed by atoms with Gasteiger partial charge in [-0.1, -0.05) is 48.6 Å². The van der Waals surface area contributed by atoms with Crippen LogP contribution in [-0.4, -0.2) is 0 Å². The molecule has 2 aromatic carbocycles. The van der Waals surface area contributed by atoms with Gasteiger partial charge in [-0.25, -0.2) is 0 Å². The molecule has 0 heterocycles. The molecule has 2 aliphatic carbocycles. The predicted octanol–water partition coefficient (Wildman–Crippen LogP) is 6.48. The minimum absolute atomic E-state index is 0.357. The summed E-state index contributed by atoms with van der Waals surface area (Å²) in [6.45, 7) is 11.3. The molecule has 0 radical (unpaired) electrons. The van der Waals surface area contributed by atoms with Crippen LogP contribution in [0.1, 0.15) is 46.2 Å². The van der Waals surface area contributed by atoms with Crippen molar-refractivity contribution in [2.24, 2.45) is 0 Å². The summed E-state index contributed by atoms with van der Waals surface area (Å²) in [6, 6.07) is 8.97. The number of allylic oxidation sites excluding steroid dienone is 6. The lowest BCUT2D eigenvalue weighted by molar-refractivity contribution is 0.979. The zero-order valence-corrected chi connectivity index (χ0v) is 15.2. The van der Waals surface area contributed by atoms with E-state index >= 15 is 0 Å². The Labute approximate surface area is 145 Å². The van der Waals surface area contributed by atoms with Crippen LogP contribution in [0.25, 0.3) is 11.1 Å². The summed E-state index contributed by atoms with van der Waals surface area (Å²) >= 11 is 0. The smallest absolute Gasteiger partial charge is 0.0360 e. The molecule has 1 unspecified atom stereocenters. The van der Waals surface area contributed by atoms with E-state index in [4.69, 9.17) is 0 Å². The Hall–Kier alpha value is -2.34. The van der Waals surface area contributed by atoms with Gasteiger partial charge in [-0.2, -0.15) is 0 Å².